The molecule has 0 bridgehead atoms. The van der Waals surface area contributed by atoms with E-state index in [1.165, 1.54) is 0 Å². The number of aliphatic hydroxyl groups excluding tert-OH is 1. The van der Waals surface area contributed by atoms with Gasteiger partial charge in [-0.15, -0.1) is 13.2 Å². The maximum Gasteiger partial charge on any atom is 0.574 e. The van der Waals surface area contributed by atoms with E-state index in [1.807, 2.05) is 0 Å². The standard InChI is InChI=1S/C9H7BrF5NO2/c10-2-5-4(8(11)12)1-7(16-6(5)3-17)18-9(13,14)15/h1,8,17H,2-3H2. The van der Waals surface area contributed by atoms with Crippen molar-refractivity contribution in [1.82, 2.24) is 4.98 Å². The van der Waals surface area contributed by atoms with Crippen LogP contribution in [0.25, 0.3) is 0 Å². The molecule has 0 radical (unpaired) electrons. The molecule has 0 unspecified atom stereocenters. The van der Waals surface area contributed by atoms with Crippen molar-refractivity contribution in [2.24, 2.45) is 0 Å². The molecular weight excluding hydrogens is 329 g/mol. The van der Waals surface area contributed by atoms with E-state index in [4.69, 9.17) is 5.11 Å². The van der Waals surface area contributed by atoms with Crippen molar-refractivity contribution in [2.75, 3.05) is 0 Å². The Morgan fingerprint density at radius 2 is 2.00 bits per heavy atom. The van der Waals surface area contributed by atoms with Gasteiger partial charge >= 0.3 is 6.36 Å². The molecule has 18 heavy (non-hydrogen) atoms. The van der Waals surface area contributed by atoms with Gasteiger partial charge in [-0.25, -0.2) is 13.8 Å². The Labute approximate surface area is 107 Å². The number of nitrogens with zero attached hydrogens (tertiary/aromatic N) is 1. The lowest BCUT2D eigenvalue weighted by molar-refractivity contribution is -0.276. The van der Waals surface area contributed by atoms with Crippen molar-refractivity contribution < 1.29 is 31.8 Å². The Morgan fingerprint density at radius 3 is 2.39 bits per heavy atom. The van der Waals surface area contributed by atoms with E-state index in [1.54, 1.807) is 0 Å². The minimum Gasteiger partial charge on any atom is -0.390 e. The molecule has 3 nitrogen and oxygen atoms in total. The summed E-state index contributed by atoms with van der Waals surface area (Å²) in [4.78, 5) is 3.33. The first-order valence-electron chi connectivity index (χ1n) is 4.52. The molecule has 1 heterocycles. The van der Waals surface area contributed by atoms with Crippen LogP contribution in [0, 0.1) is 0 Å². The van der Waals surface area contributed by atoms with Gasteiger partial charge in [-0.3, -0.25) is 0 Å². The van der Waals surface area contributed by atoms with Crippen molar-refractivity contribution in [1.29, 1.82) is 0 Å². The van der Waals surface area contributed by atoms with Crippen molar-refractivity contribution in [3.8, 4) is 5.88 Å². The summed E-state index contributed by atoms with van der Waals surface area (Å²) >= 11 is 2.91. The van der Waals surface area contributed by atoms with Gasteiger partial charge < -0.3 is 9.84 Å². The van der Waals surface area contributed by atoms with Gasteiger partial charge in [0.15, 0.2) is 0 Å². The maximum absolute atomic E-state index is 12.7. The minimum atomic E-state index is -5.03. The lowest BCUT2D eigenvalue weighted by Gasteiger charge is -2.14. The average Bonchev–Trinajstić information content (AvgIpc) is 2.25. The number of ether oxygens (including phenoxy) is 1. The third-order valence-corrected chi connectivity index (χ3v) is 2.52. The molecule has 0 aliphatic heterocycles. The fourth-order valence-corrected chi connectivity index (χ4v) is 1.92. The number of rotatable bonds is 4. The van der Waals surface area contributed by atoms with Crippen LogP contribution in [0.1, 0.15) is 23.2 Å². The highest BCUT2D eigenvalue weighted by Crippen LogP contribution is 2.31. The molecule has 0 fully saturated rings. The smallest absolute Gasteiger partial charge is 0.390 e. The van der Waals surface area contributed by atoms with E-state index in [9.17, 15) is 22.0 Å². The molecule has 0 spiro atoms. The van der Waals surface area contributed by atoms with Crippen LogP contribution in [0.2, 0.25) is 0 Å². The highest BCUT2D eigenvalue weighted by molar-refractivity contribution is 9.08. The average molecular weight is 336 g/mol. The topological polar surface area (TPSA) is 42.4 Å². The van der Waals surface area contributed by atoms with Gasteiger partial charge in [-0.05, 0) is 5.56 Å². The first-order valence-corrected chi connectivity index (χ1v) is 5.64. The lowest BCUT2D eigenvalue weighted by atomic mass is 10.1. The normalized spacial score (nSPS) is 12.0. The van der Waals surface area contributed by atoms with E-state index in [0.717, 1.165) is 0 Å². The summed E-state index contributed by atoms with van der Waals surface area (Å²) < 4.78 is 64.7. The van der Waals surface area contributed by atoms with Crippen LogP contribution in [0.3, 0.4) is 0 Å². The van der Waals surface area contributed by atoms with Crippen molar-refractivity contribution in [2.45, 2.75) is 24.7 Å². The second-order valence-electron chi connectivity index (χ2n) is 3.12. The van der Waals surface area contributed by atoms with E-state index < -0.39 is 30.8 Å². The van der Waals surface area contributed by atoms with Gasteiger partial charge in [0.1, 0.15) is 0 Å². The number of aliphatic hydroxyl groups is 1. The molecule has 0 saturated carbocycles. The quantitative estimate of drug-likeness (QED) is 0.678. The van der Waals surface area contributed by atoms with E-state index in [0.29, 0.717) is 6.07 Å². The SMILES string of the molecule is OCc1nc(OC(F)(F)F)cc(C(F)F)c1CBr. The highest BCUT2D eigenvalue weighted by Gasteiger charge is 2.33. The zero-order valence-corrected chi connectivity index (χ0v) is 10.2. The third kappa shape index (κ3) is 3.77. The number of aromatic nitrogens is 1. The Balaban J connectivity index is 3.27. The molecule has 0 amide bonds. The molecule has 0 saturated heterocycles. The van der Waals surface area contributed by atoms with Gasteiger partial charge in [0, 0.05) is 17.0 Å². The molecule has 1 aromatic rings. The van der Waals surface area contributed by atoms with Crippen molar-refractivity contribution in [3.63, 3.8) is 0 Å². The Bertz CT molecular complexity index is 424. The maximum atomic E-state index is 12.7. The Hall–Kier alpha value is -0.960. The van der Waals surface area contributed by atoms with Gasteiger partial charge in [0.2, 0.25) is 5.88 Å². The fraction of sp³-hybridized carbons (Fsp3) is 0.444. The molecule has 9 heteroatoms. The molecule has 1 rings (SSSR count). The lowest BCUT2D eigenvalue weighted by Crippen LogP contribution is -2.19. The summed E-state index contributed by atoms with van der Waals surface area (Å²) in [5.41, 5.74) is -1.00. The third-order valence-electron chi connectivity index (χ3n) is 1.96. The summed E-state index contributed by atoms with van der Waals surface area (Å²) in [7, 11) is 0. The highest BCUT2D eigenvalue weighted by atomic mass is 79.9. The van der Waals surface area contributed by atoms with Crippen LogP contribution in [0.15, 0.2) is 6.07 Å². The zero-order chi connectivity index (χ0) is 13.9. The van der Waals surface area contributed by atoms with Crippen LogP contribution in [-0.2, 0) is 11.9 Å². The predicted octanol–water partition coefficient (Wildman–Crippen LogP) is 3.31. The van der Waals surface area contributed by atoms with E-state index in [2.05, 4.69) is 25.7 Å². The summed E-state index contributed by atoms with van der Waals surface area (Å²) in [5.74, 6) is -1.02. The second kappa shape index (κ2) is 5.79. The van der Waals surface area contributed by atoms with E-state index >= 15 is 0 Å². The fourth-order valence-electron chi connectivity index (χ4n) is 1.27. The molecule has 1 N–H and O–H groups in total. The van der Waals surface area contributed by atoms with E-state index in [-0.39, 0.29) is 16.6 Å². The predicted molar refractivity (Wildman–Crippen MR) is 54.4 cm³/mol. The molecule has 1 aromatic heterocycles. The minimum absolute atomic E-state index is 0.0537. The molecular formula is C9H7BrF5NO2. The Kier molecular flexibility index (Phi) is 4.85. The molecule has 0 aromatic carbocycles. The number of alkyl halides is 6. The zero-order valence-electron chi connectivity index (χ0n) is 8.64. The summed E-state index contributed by atoms with van der Waals surface area (Å²) in [6, 6.07) is 0.508. The first-order chi connectivity index (χ1) is 8.28. The Morgan fingerprint density at radius 1 is 1.39 bits per heavy atom. The molecule has 102 valence electrons. The molecule has 0 atom stereocenters. The molecule has 0 aliphatic rings. The van der Waals surface area contributed by atoms with Crippen LogP contribution in [0.5, 0.6) is 5.88 Å². The van der Waals surface area contributed by atoms with Crippen molar-refractivity contribution >= 4 is 15.9 Å². The van der Waals surface area contributed by atoms with Gasteiger partial charge in [-0.2, -0.15) is 0 Å². The second-order valence-corrected chi connectivity index (χ2v) is 3.68. The largest absolute Gasteiger partial charge is 0.574 e. The molecule has 0 aliphatic carbocycles. The van der Waals surface area contributed by atoms with Crippen LogP contribution < -0.4 is 4.74 Å². The summed E-state index contributed by atoms with van der Waals surface area (Å²) in [5, 5.41) is 8.85. The van der Waals surface area contributed by atoms with Crippen LogP contribution >= 0.6 is 15.9 Å². The number of pyridine rings is 1. The number of halogens is 6. The van der Waals surface area contributed by atoms with Gasteiger partial charge in [0.25, 0.3) is 6.43 Å². The van der Waals surface area contributed by atoms with Gasteiger partial charge in [-0.1, -0.05) is 15.9 Å². The van der Waals surface area contributed by atoms with Crippen LogP contribution in [-0.4, -0.2) is 16.5 Å². The summed E-state index contributed by atoms with van der Waals surface area (Å²) in [6.45, 7) is -0.768. The summed E-state index contributed by atoms with van der Waals surface area (Å²) in [6.07, 6.45) is -8.03. The monoisotopic (exact) mass is 335 g/mol. The van der Waals surface area contributed by atoms with Crippen molar-refractivity contribution in [3.05, 3.63) is 22.9 Å². The number of hydrogen-bond acceptors (Lipinski definition) is 3. The first kappa shape index (κ1) is 15.1. The van der Waals surface area contributed by atoms with Gasteiger partial charge in [0.05, 0.1) is 12.3 Å². The number of hydrogen-bond donors (Lipinski definition) is 1. The van der Waals surface area contributed by atoms with Crippen LogP contribution in [0.4, 0.5) is 22.0 Å².